The lowest BCUT2D eigenvalue weighted by Gasteiger charge is -2.26. The first-order chi connectivity index (χ1) is 25.8. The maximum atomic E-state index is 6.35. The third-order valence-electron chi connectivity index (χ3n) is 10.3. The molecule has 10 rings (SSSR count). The summed E-state index contributed by atoms with van der Waals surface area (Å²) in [5.74, 6) is 0. The number of nitrogens with zero attached hydrogens (tertiary/aromatic N) is 1. The molecular weight excluding hydrogens is 631 g/mol. The highest BCUT2D eigenvalue weighted by Crippen LogP contribution is 2.44. The fourth-order valence-corrected chi connectivity index (χ4v) is 7.66. The van der Waals surface area contributed by atoms with Gasteiger partial charge < -0.3 is 9.32 Å². The third kappa shape index (κ3) is 5.21. The molecule has 0 saturated carbocycles. The van der Waals surface area contributed by atoms with Crippen LogP contribution in [-0.4, -0.2) is 0 Å². The van der Waals surface area contributed by atoms with Crippen LogP contribution in [-0.2, 0) is 0 Å². The minimum absolute atomic E-state index is 0.874. The van der Waals surface area contributed by atoms with Crippen molar-refractivity contribution in [1.29, 1.82) is 0 Å². The molecule has 10 aromatic rings. The van der Waals surface area contributed by atoms with Crippen LogP contribution in [0.4, 0.5) is 17.1 Å². The Hall–Kier alpha value is -6.90. The first-order valence-corrected chi connectivity index (χ1v) is 17.8. The second-order valence-corrected chi connectivity index (χ2v) is 13.3. The standard InChI is InChI=1S/C50H33NO/c1-2-11-40-33-41(24-23-34(40)9-1)37-21-19-35(20-22-37)36-25-29-42(30-26-36)51(47-16-8-18-49-50(47)46-14-5-6-17-48(46)52-49)43-31-27-39(28-32-43)45-15-7-12-38-10-3-4-13-44(38)45/h1-33H. The first kappa shape index (κ1) is 30.0. The lowest BCUT2D eigenvalue weighted by Crippen LogP contribution is -2.10. The van der Waals surface area contributed by atoms with E-state index in [2.05, 4.69) is 193 Å². The molecule has 9 aromatic carbocycles. The topological polar surface area (TPSA) is 16.4 Å². The number of anilines is 3. The van der Waals surface area contributed by atoms with E-state index in [1.807, 2.05) is 12.1 Å². The van der Waals surface area contributed by atoms with E-state index in [-0.39, 0.29) is 0 Å². The predicted molar refractivity (Wildman–Crippen MR) is 220 cm³/mol. The number of furan rings is 1. The monoisotopic (exact) mass is 663 g/mol. The summed E-state index contributed by atoms with van der Waals surface area (Å²) in [4.78, 5) is 2.35. The molecule has 1 heterocycles. The van der Waals surface area contributed by atoms with E-state index in [1.165, 1.54) is 54.9 Å². The zero-order valence-corrected chi connectivity index (χ0v) is 28.4. The van der Waals surface area contributed by atoms with Crippen molar-refractivity contribution in [2.75, 3.05) is 4.90 Å². The minimum Gasteiger partial charge on any atom is -0.456 e. The predicted octanol–water partition coefficient (Wildman–Crippen LogP) is 14.4. The summed E-state index contributed by atoms with van der Waals surface area (Å²) in [5.41, 5.74) is 12.2. The molecule has 0 spiro atoms. The molecule has 0 N–H and O–H groups in total. The van der Waals surface area contributed by atoms with E-state index in [0.29, 0.717) is 0 Å². The fourth-order valence-electron chi connectivity index (χ4n) is 7.66. The molecule has 0 aliphatic carbocycles. The average molecular weight is 664 g/mol. The minimum atomic E-state index is 0.874. The molecular formula is C50H33NO. The highest BCUT2D eigenvalue weighted by Gasteiger charge is 2.19. The van der Waals surface area contributed by atoms with Crippen molar-refractivity contribution in [3.63, 3.8) is 0 Å². The van der Waals surface area contributed by atoms with Crippen LogP contribution in [0.15, 0.2) is 205 Å². The summed E-state index contributed by atoms with van der Waals surface area (Å²) in [7, 11) is 0. The Labute approximate surface area is 302 Å². The Kier molecular flexibility index (Phi) is 7.18. The van der Waals surface area contributed by atoms with Crippen LogP contribution >= 0.6 is 0 Å². The number of para-hydroxylation sites is 1. The third-order valence-corrected chi connectivity index (χ3v) is 10.3. The first-order valence-electron chi connectivity index (χ1n) is 17.8. The van der Waals surface area contributed by atoms with E-state index in [9.17, 15) is 0 Å². The summed E-state index contributed by atoms with van der Waals surface area (Å²) >= 11 is 0. The summed E-state index contributed by atoms with van der Waals surface area (Å²) < 4.78 is 6.35. The van der Waals surface area contributed by atoms with Gasteiger partial charge in [-0.15, -0.1) is 0 Å². The summed E-state index contributed by atoms with van der Waals surface area (Å²) in [6.45, 7) is 0. The summed E-state index contributed by atoms with van der Waals surface area (Å²) in [6.07, 6.45) is 0. The molecule has 0 saturated heterocycles. The van der Waals surface area contributed by atoms with Crippen LogP contribution in [0.3, 0.4) is 0 Å². The molecule has 0 fully saturated rings. The molecule has 52 heavy (non-hydrogen) atoms. The van der Waals surface area contributed by atoms with Gasteiger partial charge in [0.2, 0.25) is 0 Å². The SMILES string of the molecule is c1ccc2cc(-c3ccc(-c4ccc(N(c5ccc(-c6cccc7ccccc67)cc5)c5cccc6oc7ccccc7c56)cc4)cc3)ccc2c1. The average Bonchev–Trinajstić information content (AvgIpc) is 3.61. The van der Waals surface area contributed by atoms with Crippen LogP contribution in [0.1, 0.15) is 0 Å². The maximum Gasteiger partial charge on any atom is 0.137 e. The second kappa shape index (κ2) is 12.5. The van der Waals surface area contributed by atoms with Crippen molar-refractivity contribution in [1.82, 2.24) is 0 Å². The van der Waals surface area contributed by atoms with Crippen LogP contribution in [0.5, 0.6) is 0 Å². The highest BCUT2D eigenvalue weighted by atomic mass is 16.3. The Balaban J connectivity index is 1.04. The van der Waals surface area contributed by atoms with Crippen molar-refractivity contribution < 1.29 is 4.42 Å². The Morgan fingerprint density at radius 2 is 0.846 bits per heavy atom. The zero-order chi connectivity index (χ0) is 34.4. The van der Waals surface area contributed by atoms with Crippen molar-refractivity contribution >= 4 is 60.5 Å². The molecule has 0 amide bonds. The molecule has 1 aromatic heterocycles. The van der Waals surface area contributed by atoms with Gasteiger partial charge >= 0.3 is 0 Å². The van der Waals surface area contributed by atoms with Crippen molar-refractivity contribution in [2.24, 2.45) is 0 Å². The lowest BCUT2D eigenvalue weighted by molar-refractivity contribution is 0.669. The van der Waals surface area contributed by atoms with E-state index < -0.39 is 0 Å². The number of fused-ring (bicyclic) bond motifs is 5. The lowest BCUT2D eigenvalue weighted by atomic mass is 9.97. The van der Waals surface area contributed by atoms with Crippen molar-refractivity contribution in [3.05, 3.63) is 200 Å². The van der Waals surface area contributed by atoms with Gasteiger partial charge in [-0.2, -0.15) is 0 Å². The number of rotatable bonds is 6. The quantitative estimate of drug-likeness (QED) is 0.176. The highest BCUT2D eigenvalue weighted by molar-refractivity contribution is 6.13. The molecule has 244 valence electrons. The van der Waals surface area contributed by atoms with Gasteiger partial charge in [-0.25, -0.2) is 0 Å². The van der Waals surface area contributed by atoms with E-state index >= 15 is 0 Å². The Morgan fingerprint density at radius 1 is 0.327 bits per heavy atom. The maximum absolute atomic E-state index is 6.35. The van der Waals surface area contributed by atoms with Crippen LogP contribution in [0.2, 0.25) is 0 Å². The van der Waals surface area contributed by atoms with E-state index in [0.717, 1.165) is 39.0 Å². The molecule has 2 nitrogen and oxygen atoms in total. The number of hydrogen-bond acceptors (Lipinski definition) is 2. The summed E-state index contributed by atoms with van der Waals surface area (Å²) in [5, 5.41) is 7.22. The van der Waals surface area contributed by atoms with Crippen LogP contribution in [0.25, 0.3) is 76.9 Å². The van der Waals surface area contributed by atoms with E-state index in [4.69, 9.17) is 4.42 Å². The molecule has 0 aliphatic rings. The van der Waals surface area contributed by atoms with Crippen molar-refractivity contribution in [2.45, 2.75) is 0 Å². The van der Waals surface area contributed by atoms with Gasteiger partial charge in [0.25, 0.3) is 0 Å². The van der Waals surface area contributed by atoms with Crippen LogP contribution < -0.4 is 4.90 Å². The Bertz CT molecular complexity index is 2880. The van der Waals surface area contributed by atoms with Gasteiger partial charge in [0, 0.05) is 16.8 Å². The Morgan fingerprint density at radius 3 is 1.60 bits per heavy atom. The van der Waals surface area contributed by atoms with Gasteiger partial charge in [0.05, 0.1) is 11.1 Å². The smallest absolute Gasteiger partial charge is 0.137 e. The molecule has 0 aliphatic heterocycles. The normalized spacial score (nSPS) is 11.5. The van der Waals surface area contributed by atoms with Gasteiger partial charge in [0.15, 0.2) is 0 Å². The number of hydrogen-bond donors (Lipinski definition) is 0. The van der Waals surface area contributed by atoms with Gasteiger partial charge in [-0.3, -0.25) is 0 Å². The van der Waals surface area contributed by atoms with Gasteiger partial charge in [-0.05, 0) is 103 Å². The molecule has 0 radical (unpaired) electrons. The van der Waals surface area contributed by atoms with E-state index in [1.54, 1.807) is 0 Å². The molecule has 0 atom stereocenters. The fraction of sp³-hybridized carbons (Fsp3) is 0. The summed E-state index contributed by atoms with van der Waals surface area (Å²) in [6, 6.07) is 71.7. The molecule has 0 unspecified atom stereocenters. The molecule has 0 bridgehead atoms. The van der Waals surface area contributed by atoms with Gasteiger partial charge in [0.1, 0.15) is 11.2 Å². The number of benzene rings is 9. The van der Waals surface area contributed by atoms with Gasteiger partial charge in [-0.1, -0.05) is 152 Å². The zero-order valence-electron chi connectivity index (χ0n) is 28.4. The largest absolute Gasteiger partial charge is 0.456 e. The molecule has 2 heteroatoms. The van der Waals surface area contributed by atoms with Crippen molar-refractivity contribution in [3.8, 4) is 33.4 Å². The van der Waals surface area contributed by atoms with Crippen LogP contribution in [0, 0.1) is 0 Å². The second-order valence-electron chi connectivity index (χ2n) is 13.3.